The lowest BCUT2D eigenvalue weighted by atomic mass is 10.2. The lowest BCUT2D eigenvalue weighted by Crippen LogP contribution is -1.84. The van der Waals surface area contributed by atoms with E-state index in [4.69, 9.17) is 11.6 Å². The van der Waals surface area contributed by atoms with E-state index >= 15 is 0 Å². The molecular formula is C7H4Br2ClF. The fourth-order valence-electron chi connectivity index (χ4n) is 0.691. The van der Waals surface area contributed by atoms with Gasteiger partial charge in [-0.3, -0.25) is 0 Å². The fraction of sp³-hybridized carbons (Fsp3) is 0.143. The third kappa shape index (κ3) is 1.76. The zero-order chi connectivity index (χ0) is 8.59. The van der Waals surface area contributed by atoms with E-state index in [0.717, 1.165) is 5.56 Å². The third-order valence-electron chi connectivity index (χ3n) is 1.28. The van der Waals surface area contributed by atoms with Crippen molar-refractivity contribution in [2.75, 3.05) is 0 Å². The van der Waals surface area contributed by atoms with Gasteiger partial charge in [0.2, 0.25) is 0 Å². The van der Waals surface area contributed by atoms with E-state index in [9.17, 15) is 4.39 Å². The Hall–Kier alpha value is 0.400. The van der Waals surface area contributed by atoms with Crippen LogP contribution in [0.2, 0.25) is 5.02 Å². The van der Waals surface area contributed by atoms with Crippen LogP contribution in [0.1, 0.15) is 5.56 Å². The van der Waals surface area contributed by atoms with Gasteiger partial charge in [-0.15, -0.1) is 0 Å². The molecule has 0 amide bonds. The van der Waals surface area contributed by atoms with Gasteiger partial charge < -0.3 is 0 Å². The summed E-state index contributed by atoms with van der Waals surface area (Å²) in [5, 5.41) is 0.137. The lowest BCUT2D eigenvalue weighted by molar-refractivity contribution is 0.620. The minimum atomic E-state index is -0.427. The summed E-state index contributed by atoms with van der Waals surface area (Å²) in [5.41, 5.74) is 0.906. The summed E-state index contributed by atoms with van der Waals surface area (Å²) in [6.07, 6.45) is 0. The van der Waals surface area contributed by atoms with Gasteiger partial charge in [-0.2, -0.15) is 0 Å². The Kier molecular flexibility index (Phi) is 2.95. The van der Waals surface area contributed by atoms with Gasteiger partial charge in [0.15, 0.2) is 5.82 Å². The molecule has 0 fully saturated rings. The average molecular weight is 302 g/mol. The summed E-state index contributed by atoms with van der Waals surface area (Å²) < 4.78 is 14.0. The van der Waals surface area contributed by atoms with Gasteiger partial charge in [0.25, 0.3) is 0 Å². The van der Waals surface area contributed by atoms with Gasteiger partial charge in [-0.1, -0.05) is 11.6 Å². The van der Waals surface area contributed by atoms with Gasteiger partial charge in [-0.05, 0) is 50.4 Å². The van der Waals surface area contributed by atoms with Crippen LogP contribution in [-0.4, -0.2) is 0 Å². The van der Waals surface area contributed by atoms with E-state index in [1.54, 1.807) is 6.07 Å². The SMILES string of the molecule is Cc1cc(Cl)c(F)c(Br)c1Br. The zero-order valence-corrected chi connectivity index (χ0v) is 9.52. The standard InChI is InChI=1S/C7H4Br2ClF/c1-3-2-4(10)7(11)6(9)5(3)8/h2H,1H3. The molecule has 4 heteroatoms. The summed E-state index contributed by atoms with van der Waals surface area (Å²) in [4.78, 5) is 0. The molecule has 0 N–H and O–H groups in total. The largest absolute Gasteiger partial charge is 0.204 e. The van der Waals surface area contributed by atoms with Crippen molar-refractivity contribution in [2.24, 2.45) is 0 Å². The molecule has 1 aromatic rings. The smallest absolute Gasteiger partial charge is 0.157 e. The Morgan fingerprint density at radius 2 is 1.91 bits per heavy atom. The van der Waals surface area contributed by atoms with Crippen molar-refractivity contribution in [3.8, 4) is 0 Å². The molecule has 0 saturated heterocycles. The normalized spacial score (nSPS) is 10.3. The average Bonchev–Trinajstić information content (AvgIpc) is 1.97. The molecular weight excluding hydrogens is 298 g/mol. The maximum atomic E-state index is 13.0. The highest BCUT2D eigenvalue weighted by molar-refractivity contribution is 9.13. The van der Waals surface area contributed by atoms with Crippen LogP contribution in [-0.2, 0) is 0 Å². The van der Waals surface area contributed by atoms with Crippen LogP contribution >= 0.6 is 43.5 Å². The lowest BCUT2D eigenvalue weighted by Gasteiger charge is -2.03. The Bertz CT molecular complexity index is 273. The Morgan fingerprint density at radius 1 is 1.36 bits per heavy atom. The van der Waals surface area contributed by atoms with Gasteiger partial charge in [0, 0.05) is 4.47 Å². The van der Waals surface area contributed by atoms with Crippen LogP contribution in [0.25, 0.3) is 0 Å². The summed E-state index contributed by atoms with van der Waals surface area (Å²) in [7, 11) is 0. The first-order valence-electron chi connectivity index (χ1n) is 2.83. The van der Waals surface area contributed by atoms with Crippen molar-refractivity contribution >= 4 is 43.5 Å². The maximum Gasteiger partial charge on any atom is 0.157 e. The van der Waals surface area contributed by atoms with Crippen molar-refractivity contribution in [3.05, 3.63) is 31.4 Å². The molecule has 0 aliphatic carbocycles. The number of halogens is 4. The molecule has 0 heterocycles. The van der Waals surface area contributed by atoms with Gasteiger partial charge in [0.1, 0.15) is 0 Å². The molecule has 1 aromatic carbocycles. The Balaban J connectivity index is 3.46. The highest BCUT2D eigenvalue weighted by Gasteiger charge is 2.10. The van der Waals surface area contributed by atoms with E-state index in [2.05, 4.69) is 31.9 Å². The summed E-state index contributed by atoms with van der Waals surface area (Å²) >= 11 is 11.9. The molecule has 0 nitrogen and oxygen atoms in total. The predicted octanol–water partition coefficient (Wildman–Crippen LogP) is 4.31. The molecule has 0 aromatic heterocycles. The fourth-order valence-corrected chi connectivity index (χ4v) is 1.88. The van der Waals surface area contributed by atoms with Crippen molar-refractivity contribution in [1.82, 2.24) is 0 Å². The number of hydrogen-bond acceptors (Lipinski definition) is 0. The first-order chi connectivity index (χ1) is 5.04. The van der Waals surface area contributed by atoms with Crippen molar-refractivity contribution in [3.63, 3.8) is 0 Å². The molecule has 0 unspecified atom stereocenters. The topological polar surface area (TPSA) is 0 Å². The van der Waals surface area contributed by atoms with Crippen molar-refractivity contribution in [1.29, 1.82) is 0 Å². The molecule has 0 aliphatic heterocycles. The highest BCUT2D eigenvalue weighted by Crippen LogP contribution is 2.33. The summed E-state index contributed by atoms with van der Waals surface area (Å²) in [5.74, 6) is -0.427. The molecule has 0 atom stereocenters. The van der Waals surface area contributed by atoms with Gasteiger partial charge in [0.05, 0.1) is 9.50 Å². The third-order valence-corrected chi connectivity index (χ3v) is 3.86. The maximum absolute atomic E-state index is 13.0. The van der Waals surface area contributed by atoms with Crippen LogP contribution in [0.5, 0.6) is 0 Å². The number of rotatable bonds is 0. The minimum Gasteiger partial charge on any atom is -0.204 e. The first kappa shape index (κ1) is 9.49. The van der Waals surface area contributed by atoms with Crippen molar-refractivity contribution < 1.29 is 4.39 Å². The number of benzene rings is 1. The van der Waals surface area contributed by atoms with E-state index in [-0.39, 0.29) is 5.02 Å². The summed E-state index contributed by atoms with van der Waals surface area (Å²) in [6, 6.07) is 1.58. The van der Waals surface area contributed by atoms with E-state index < -0.39 is 5.82 Å². The van der Waals surface area contributed by atoms with Crippen LogP contribution in [0.3, 0.4) is 0 Å². The van der Waals surface area contributed by atoms with E-state index in [1.807, 2.05) is 6.92 Å². The molecule has 0 spiro atoms. The second-order valence-electron chi connectivity index (χ2n) is 2.12. The quantitative estimate of drug-likeness (QED) is 0.495. The van der Waals surface area contributed by atoms with Gasteiger partial charge >= 0.3 is 0 Å². The van der Waals surface area contributed by atoms with Crippen LogP contribution in [0, 0.1) is 12.7 Å². The molecule has 11 heavy (non-hydrogen) atoms. The molecule has 0 aliphatic rings. The zero-order valence-electron chi connectivity index (χ0n) is 5.59. The number of hydrogen-bond donors (Lipinski definition) is 0. The predicted molar refractivity (Wildman–Crippen MR) is 51.5 cm³/mol. The van der Waals surface area contributed by atoms with Gasteiger partial charge in [-0.25, -0.2) is 4.39 Å². The highest BCUT2D eigenvalue weighted by atomic mass is 79.9. The molecule has 60 valence electrons. The minimum absolute atomic E-state index is 0.137. The Morgan fingerprint density at radius 3 is 2.45 bits per heavy atom. The monoisotopic (exact) mass is 300 g/mol. The number of aryl methyl sites for hydroxylation is 1. The molecule has 0 radical (unpaired) electrons. The second kappa shape index (κ2) is 3.42. The van der Waals surface area contributed by atoms with Crippen LogP contribution in [0.15, 0.2) is 15.0 Å². The van der Waals surface area contributed by atoms with E-state index in [0.29, 0.717) is 8.95 Å². The molecule has 0 bridgehead atoms. The Labute approximate surface area is 86.0 Å². The summed E-state index contributed by atoms with van der Waals surface area (Å²) in [6.45, 7) is 1.85. The van der Waals surface area contributed by atoms with Crippen LogP contribution < -0.4 is 0 Å². The van der Waals surface area contributed by atoms with Crippen LogP contribution in [0.4, 0.5) is 4.39 Å². The van der Waals surface area contributed by atoms with Crippen molar-refractivity contribution in [2.45, 2.75) is 6.92 Å². The first-order valence-corrected chi connectivity index (χ1v) is 4.80. The molecule has 1 rings (SSSR count). The second-order valence-corrected chi connectivity index (χ2v) is 4.11. The van der Waals surface area contributed by atoms with E-state index in [1.165, 1.54) is 0 Å². The molecule has 0 saturated carbocycles.